The Labute approximate surface area is 183 Å². The van der Waals surface area contributed by atoms with E-state index in [9.17, 15) is 9.59 Å². The number of likely N-dealkylation sites (tertiary alicyclic amines) is 1. The fourth-order valence-electron chi connectivity index (χ4n) is 4.90. The summed E-state index contributed by atoms with van der Waals surface area (Å²) >= 11 is 0. The molecule has 2 aliphatic heterocycles. The van der Waals surface area contributed by atoms with Gasteiger partial charge in [0.15, 0.2) is 0 Å². The first kappa shape index (κ1) is 20.0. The maximum atomic E-state index is 12.8. The number of aromatic nitrogens is 1. The number of carbonyl (C=O) groups is 2. The second kappa shape index (κ2) is 8.33. The van der Waals surface area contributed by atoms with Crippen LogP contribution < -0.4 is 10.1 Å². The van der Waals surface area contributed by atoms with Gasteiger partial charge in [-0.2, -0.15) is 0 Å². The van der Waals surface area contributed by atoms with Gasteiger partial charge in [-0.15, -0.1) is 0 Å². The molecule has 2 aromatic rings. The van der Waals surface area contributed by atoms with E-state index in [0.717, 1.165) is 37.1 Å². The molecule has 1 saturated heterocycles. The SMILES string of the molecule is O=C(C[C@H]1CC2(CCN(C(=O)c3cccnc3)CC2)Oc2ccccc21)NCC1CC1. The molecule has 1 atom stereocenters. The average Bonchev–Trinajstić information content (AvgIpc) is 3.63. The molecule has 2 amide bonds. The summed E-state index contributed by atoms with van der Waals surface area (Å²) in [6.07, 6.45) is 8.62. The van der Waals surface area contributed by atoms with Crippen LogP contribution in [0.4, 0.5) is 0 Å². The molecule has 162 valence electrons. The summed E-state index contributed by atoms with van der Waals surface area (Å²) in [5.74, 6) is 1.87. The molecule has 0 radical (unpaired) electrons. The van der Waals surface area contributed by atoms with Gasteiger partial charge in [-0.1, -0.05) is 18.2 Å². The van der Waals surface area contributed by atoms with Crippen molar-refractivity contribution in [1.29, 1.82) is 0 Å². The second-order valence-corrected chi connectivity index (χ2v) is 9.21. The van der Waals surface area contributed by atoms with Crippen LogP contribution in [0.1, 0.15) is 60.4 Å². The Morgan fingerprint density at radius 3 is 2.68 bits per heavy atom. The van der Waals surface area contributed by atoms with Crippen LogP contribution in [-0.2, 0) is 4.79 Å². The van der Waals surface area contributed by atoms with Crippen LogP contribution in [0.15, 0.2) is 48.8 Å². The number of para-hydroxylation sites is 1. The van der Waals surface area contributed by atoms with Gasteiger partial charge in [0, 0.05) is 57.2 Å². The first-order chi connectivity index (χ1) is 15.1. The minimum Gasteiger partial charge on any atom is -0.487 e. The topological polar surface area (TPSA) is 71.5 Å². The van der Waals surface area contributed by atoms with Gasteiger partial charge in [0.1, 0.15) is 11.4 Å². The Bertz CT molecular complexity index is 949. The summed E-state index contributed by atoms with van der Waals surface area (Å²) in [5.41, 5.74) is 1.43. The van der Waals surface area contributed by atoms with Crippen molar-refractivity contribution in [3.8, 4) is 5.75 Å². The van der Waals surface area contributed by atoms with Gasteiger partial charge in [-0.25, -0.2) is 0 Å². The summed E-state index contributed by atoms with van der Waals surface area (Å²) in [6, 6.07) is 11.7. The molecule has 1 aromatic carbocycles. The number of rotatable bonds is 5. The molecule has 3 aliphatic rings. The first-order valence-corrected chi connectivity index (χ1v) is 11.4. The van der Waals surface area contributed by atoms with Crippen molar-refractivity contribution in [1.82, 2.24) is 15.2 Å². The van der Waals surface area contributed by atoms with Crippen molar-refractivity contribution in [2.45, 2.75) is 50.0 Å². The molecule has 3 heterocycles. The highest BCUT2D eigenvalue weighted by Gasteiger charge is 2.44. The zero-order valence-electron chi connectivity index (χ0n) is 17.8. The van der Waals surface area contributed by atoms with Crippen molar-refractivity contribution in [2.24, 2.45) is 5.92 Å². The lowest BCUT2D eigenvalue weighted by Gasteiger charge is -2.47. The van der Waals surface area contributed by atoms with Crippen molar-refractivity contribution in [2.75, 3.05) is 19.6 Å². The van der Waals surface area contributed by atoms with Crippen LogP contribution in [0.5, 0.6) is 5.75 Å². The van der Waals surface area contributed by atoms with E-state index in [1.165, 1.54) is 12.8 Å². The summed E-state index contributed by atoms with van der Waals surface area (Å²) in [6.45, 7) is 2.10. The maximum Gasteiger partial charge on any atom is 0.255 e. The standard InChI is InChI=1S/C25H29N3O3/c29-23(27-16-18-7-8-18)14-20-15-25(31-22-6-2-1-5-21(20)22)9-12-28(13-10-25)24(30)19-4-3-11-26-17-19/h1-6,11,17-18,20H,7-10,12-16H2,(H,27,29)/t20-/m0/s1. The number of ether oxygens (including phenoxy) is 1. The Kier molecular flexibility index (Phi) is 5.38. The smallest absolute Gasteiger partial charge is 0.255 e. The Balaban J connectivity index is 1.27. The molecule has 1 aliphatic carbocycles. The molecule has 0 unspecified atom stereocenters. The van der Waals surface area contributed by atoms with Crippen molar-refractivity contribution < 1.29 is 14.3 Å². The van der Waals surface area contributed by atoms with Crippen molar-refractivity contribution in [3.63, 3.8) is 0 Å². The first-order valence-electron chi connectivity index (χ1n) is 11.4. The van der Waals surface area contributed by atoms with Gasteiger partial charge in [0.05, 0.1) is 5.56 Å². The van der Waals surface area contributed by atoms with Crippen LogP contribution in [-0.4, -0.2) is 46.9 Å². The van der Waals surface area contributed by atoms with Crippen molar-refractivity contribution >= 4 is 11.8 Å². The van der Waals surface area contributed by atoms with Gasteiger partial charge in [-0.05, 0) is 48.9 Å². The lowest BCUT2D eigenvalue weighted by Crippen LogP contribution is -2.52. The lowest BCUT2D eigenvalue weighted by molar-refractivity contribution is -0.122. The zero-order chi connectivity index (χ0) is 21.3. The van der Waals surface area contributed by atoms with Crippen LogP contribution in [0.25, 0.3) is 0 Å². The van der Waals surface area contributed by atoms with E-state index >= 15 is 0 Å². The fourth-order valence-corrected chi connectivity index (χ4v) is 4.90. The van der Waals surface area contributed by atoms with E-state index in [0.29, 0.717) is 31.0 Å². The van der Waals surface area contributed by atoms with Crippen LogP contribution in [0, 0.1) is 5.92 Å². The largest absolute Gasteiger partial charge is 0.487 e. The molecular weight excluding hydrogens is 390 g/mol. The molecule has 1 saturated carbocycles. The number of piperidine rings is 1. The minimum absolute atomic E-state index is 0.0233. The summed E-state index contributed by atoms with van der Waals surface area (Å²) in [4.78, 5) is 31.4. The molecule has 5 rings (SSSR count). The van der Waals surface area contributed by atoms with E-state index in [1.54, 1.807) is 18.5 Å². The van der Waals surface area contributed by atoms with Crippen LogP contribution >= 0.6 is 0 Å². The van der Waals surface area contributed by atoms with Gasteiger partial charge >= 0.3 is 0 Å². The highest BCUT2D eigenvalue weighted by atomic mass is 16.5. The predicted molar refractivity (Wildman–Crippen MR) is 117 cm³/mol. The molecule has 1 spiro atoms. The van der Waals surface area contributed by atoms with E-state index in [2.05, 4.69) is 16.4 Å². The third kappa shape index (κ3) is 4.43. The van der Waals surface area contributed by atoms with Gasteiger partial charge < -0.3 is 15.0 Å². The van der Waals surface area contributed by atoms with E-state index < -0.39 is 0 Å². The number of carbonyl (C=O) groups excluding carboxylic acids is 2. The third-order valence-corrected chi connectivity index (χ3v) is 6.89. The molecule has 1 N–H and O–H groups in total. The highest BCUT2D eigenvalue weighted by Crippen LogP contribution is 2.46. The highest BCUT2D eigenvalue weighted by molar-refractivity contribution is 5.93. The lowest BCUT2D eigenvalue weighted by atomic mass is 9.76. The average molecular weight is 420 g/mol. The number of pyridine rings is 1. The fraction of sp³-hybridized carbons (Fsp3) is 0.480. The molecule has 6 nitrogen and oxygen atoms in total. The quantitative estimate of drug-likeness (QED) is 0.805. The normalized spacial score (nSPS) is 21.8. The van der Waals surface area contributed by atoms with E-state index in [-0.39, 0.29) is 23.3 Å². The number of benzene rings is 1. The number of fused-ring (bicyclic) bond motifs is 1. The predicted octanol–water partition coefficient (Wildman–Crippen LogP) is 3.54. The molecule has 2 fully saturated rings. The molecule has 31 heavy (non-hydrogen) atoms. The monoisotopic (exact) mass is 419 g/mol. The molecule has 1 aromatic heterocycles. The summed E-state index contributed by atoms with van der Waals surface area (Å²) < 4.78 is 6.53. The summed E-state index contributed by atoms with van der Waals surface area (Å²) in [7, 11) is 0. The number of nitrogens with one attached hydrogen (secondary N) is 1. The van der Waals surface area contributed by atoms with Gasteiger partial charge in [0.2, 0.25) is 5.91 Å². The molecule has 0 bridgehead atoms. The summed E-state index contributed by atoms with van der Waals surface area (Å²) in [5, 5.41) is 3.12. The third-order valence-electron chi connectivity index (χ3n) is 6.89. The van der Waals surface area contributed by atoms with Crippen molar-refractivity contribution in [3.05, 3.63) is 59.9 Å². The van der Waals surface area contributed by atoms with Gasteiger partial charge in [-0.3, -0.25) is 14.6 Å². The molecular formula is C25H29N3O3. The second-order valence-electron chi connectivity index (χ2n) is 9.21. The van der Waals surface area contributed by atoms with Crippen LogP contribution in [0.3, 0.4) is 0 Å². The number of hydrogen-bond acceptors (Lipinski definition) is 4. The molecule has 6 heteroatoms. The van der Waals surface area contributed by atoms with E-state index in [4.69, 9.17) is 4.74 Å². The Morgan fingerprint density at radius 2 is 1.94 bits per heavy atom. The Hall–Kier alpha value is -2.89. The van der Waals surface area contributed by atoms with E-state index in [1.807, 2.05) is 29.2 Å². The Morgan fingerprint density at radius 1 is 1.13 bits per heavy atom. The number of hydrogen-bond donors (Lipinski definition) is 1. The maximum absolute atomic E-state index is 12.8. The minimum atomic E-state index is -0.318. The zero-order valence-corrected chi connectivity index (χ0v) is 17.8. The van der Waals surface area contributed by atoms with Gasteiger partial charge in [0.25, 0.3) is 5.91 Å². The number of amides is 2. The van der Waals surface area contributed by atoms with Crippen LogP contribution in [0.2, 0.25) is 0 Å². The number of nitrogens with zero attached hydrogens (tertiary/aromatic N) is 2.